The highest BCUT2D eigenvalue weighted by Crippen LogP contribution is 2.22. The first-order valence-corrected chi connectivity index (χ1v) is 7.41. The number of rotatable bonds is 3. The van der Waals surface area contributed by atoms with E-state index in [2.05, 4.69) is 43.2 Å². The van der Waals surface area contributed by atoms with Crippen LogP contribution in [0.5, 0.6) is 0 Å². The third kappa shape index (κ3) is 3.47. The van der Waals surface area contributed by atoms with Gasteiger partial charge in [0.25, 0.3) is 5.91 Å². The zero-order valence-corrected chi connectivity index (χ0v) is 13.5. The van der Waals surface area contributed by atoms with E-state index in [0.29, 0.717) is 10.0 Å². The van der Waals surface area contributed by atoms with E-state index in [1.54, 1.807) is 18.2 Å². The lowest BCUT2D eigenvalue weighted by Crippen LogP contribution is -2.27. The van der Waals surface area contributed by atoms with Crippen molar-refractivity contribution in [3.05, 3.63) is 68.6 Å². The van der Waals surface area contributed by atoms with E-state index >= 15 is 0 Å². The zero-order chi connectivity index (χ0) is 14.5. The van der Waals surface area contributed by atoms with Crippen molar-refractivity contribution in [1.29, 1.82) is 5.26 Å². The van der Waals surface area contributed by atoms with Gasteiger partial charge in [-0.3, -0.25) is 4.79 Å². The lowest BCUT2D eigenvalue weighted by Gasteiger charge is -2.12. The summed E-state index contributed by atoms with van der Waals surface area (Å²) in [4.78, 5) is 12.2. The molecule has 1 atom stereocenters. The van der Waals surface area contributed by atoms with Crippen LogP contribution in [-0.4, -0.2) is 5.91 Å². The number of carbonyl (C=O) groups excluding carboxylic acids is 1. The van der Waals surface area contributed by atoms with Gasteiger partial charge in [-0.05, 0) is 39.7 Å². The molecular formula is C15H10Br2N2O. The van der Waals surface area contributed by atoms with Crippen molar-refractivity contribution in [3.8, 4) is 6.07 Å². The molecule has 2 aromatic carbocycles. The molecule has 0 spiro atoms. The van der Waals surface area contributed by atoms with Crippen LogP contribution in [0.3, 0.4) is 0 Å². The predicted molar refractivity (Wildman–Crippen MR) is 84.1 cm³/mol. The van der Waals surface area contributed by atoms with Gasteiger partial charge in [0.05, 0.1) is 11.6 Å². The van der Waals surface area contributed by atoms with E-state index in [9.17, 15) is 10.1 Å². The molecule has 0 aromatic heterocycles. The summed E-state index contributed by atoms with van der Waals surface area (Å²) >= 11 is 6.67. The summed E-state index contributed by atoms with van der Waals surface area (Å²) in [6.45, 7) is 0. The number of nitrogens with one attached hydrogen (secondary N) is 1. The molecule has 1 N–H and O–H groups in total. The van der Waals surface area contributed by atoms with Gasteiger partial charge in [0.15, 0.2) is 0 Å². The van der Waals surface area contributed by atoms with E-state index in [0.717, 1.165) is 10.0 Å². The molecular weight excluding hydrogens is 384 g/mol. The van der Waals surface area contributed by atoms with Gasteiger partial charge in [-0.1, -0.05) is 46.3 Å². The van der Waals surface area contributed by atoms with E-state index in [-0.39, 0.29) is 5.91 Å². The smallest absolute Gasteiger partial charge is 0.253 e. The quantitative estimate of drug-likeness (QED) is 0.849. The van der Waals surface area contributed by atoms with E-state index in [1.807, 2.05) is 30.3 Å². The Morgan fingerprint density at radius 3 is 2.45 bits per heavy atom. The summed E-state index contributed by atoms with van der Waals surface area (Å²) in [5.74, 6) is -0.292. The first-order valence-electron chi connectivity index (χ1n) is 5.82. The molecule has 0 heterocycles. The molecule has 2 rings (SSSR count). The monoisotopic (exact) mass is 392 g/mol. The maximum atomic E-state index is 12.2. The van der Waals surface area contributed by atoms with Crippen LogP contribution in [0.25, 0.3) is 0 Å². The van der Waals surface area contributed by atoms with Gasteiger partial charge in [-0.15, -0.1) is 0 Å². The minimum atomic E-state index is -0.667. The average Bonchev–Trinajstić information content (AvgIpc) is 2.45. The normalized spacial score (nSPS) is 11.4. The molecule has 5 heteroatoms. The summed E-state index contributed by atoms with van der Waals surface area (Å²) < 4.78 is 1.55. The second-order valence-corrected chi connectivity index (χ2v) is 5.84. The lowest BCUT2D eigenvalue weighted by molar-refractivity contribution is 0.0944. The molecule has 0 saturated carbocycles. The number of nitrogens with zero attached hydrogens (tertiary/aromatic N) is 1. The highest BCUT2D eigenvalue weighted by atomic mass is 79.9. The third-order valence-corrected chi connectivity index (χ3v) is 3.86. The lowest BCUT2D eigenvalue weighted by atomic mass is 10.1. The van der Waals surface area contributed by atoms with Gasteiger partial charge in [0.1, 0.15) is 6.04 Å². The summed E-state index contributed by atoms with van der Waals surface area (Å²) in [7, 11) is 0. The third-order valence-electron chi connectivity index (χ3n) is 2.71. The molecule has 2 aromatic rings. The number of amides is 1. The highest BCUT2D eigenvalue weighted by molar-refractivity contribution is 9.11. The van der Waals surface area contributed by atoms with Crippen molar-refractivity contribution in [1.82, 2.24) is 5.32 Å². The Balaban J connectivity index is 2.20. The fraction of sp³-hybridized carbons (Fsp3) is 0.0667. The maximum absolute atomic E-state index is 12.2. The van der Waals surface area contributed by atoms with Crippen molar-refractivity contribution in [3.63, 3.8) is 0 Å². The molecule has 1 unspecified atom stereocenters. The van der Waals surface area contributed by atoms with Crippen molar-refractivity contribution in [2.45, 2.75) is 6.04 Å². The standard InChI is InChI=1S/C15H10Br2N2O/c16-11-6-7-12(13(17)8-11)15(20)19-14(9-18)10-4-2-1-3-5-10/h1-8,14H,(H,19,20). The molecule has 1 amide bonds. The fourth-order valence-electron chi connectivity index (χ4n) is 1.72. The first-order chi connectivity index (χ1) is 9.61. The van der Waals surface area contributed by atoms with Crippen LogP contribution in [0, 0.1) is 11.3 Å². The average molecular weight is 394 g/mol. The van der Waals surface area contributed by atoms with Crippen LogP contribution < -0.4 is 5.32 Å². The van der Waals surface area contributed by atoms with Crippen LogP contribution >= 0.6 is 31.9 Å². The molecule has 0 aliphatic carbocycles. The number of hydrogen-bond acceptors (Lipinski definition) is 2. The Kier molecular flexibility index (Phi) is 4.94. The van der Waals surface area contributed by atoms with Gasteiger partial charge in [-0.25, -0.2) is 0 Å². The molecule has 0 radical (unpaired) electrons. The Morgan fingerprint density at radius 1 is 1.15 bits per heavy atom. The van der Waals surface area contributed by atoms with Crippen LogP contribution in [0.2, 0.25) is 0 Å². The van der Waals surface area contributed by atoms with E-state index < -0.39 is 6.04 Å². The maximum Gasteiger partial charge on any atom is 0.253 e. The first kappa shape index (κ1) is 14.8. The van der Waals surface area contributed by atoms with Crippen LogP contribution in [-0.2, 0) is 0 Å². The van der Waals surface area contributed by atoms with Crippen molar-refractivity contribution in [2.75, 3.05) is 0 Å². The highest BCUT2D eigenvalue weighted by Gasteiger charge is 2.16. The van der Waals surface area contributed by atoms with Crippen LogP contribution in [0.15, 0.2) is 57.5 Å². The van der Waals surface area contributed by atoms with Crippen molar-refractivity contribution >= 4 is 37.8 Å². The second-order valence-electron chi connectivity index (χ2n) is 4.07. The number of nitriles is 1. The largest absolute Gasteiger partial charge is 0.332 e. The van der Waals surface area contributed by atoms with Crippen molar-refractivity contribution in [2.24, 2.45) is 0 Å². The minimum Gasteiger partial charge on any atom is -0.332 e. The molecule has 0 saturated heterocycles. The number of hydrogen-bond donors (Lipinski definition) is 1. The summed E-state index contributed by atoms with van der Waals surface area (Å²) in [5.41, 5.74) is 1.25. The molecule has 100 valence electrons. The van der Waals surface area contributed by atoms with Gasteiger partial charge in [-0.2, -0.15) is 5.26 Å². The van der Waals surface area contributed by atoms with E-state index in [4.69, 9.17) is 0 Å². The molecule has 0 bridgehead atoms. The Bertz CT molecular complexity index is 665. The van der Waals surface area contributed by atoms with Gasteiger partial charge < -0.3 is 5.32 Å². The van der Waals surface area contributed by atoms with Gasteiger partial charge in [0, 0.05) is 8.95 Å². The molecule has 0 aliphatic rings. The number of carbonyl (C=O) groups is 1. The van der Waals surface area contributed by atoms with Gasteiger partial charge >= 0.3 is 0 Å². The minimum absolute atomic E-state index is 0.292. The fourth-order valence-corrected chi connectivity index (χ4v) is 2.95. The van der Waals surface area contributed by atoms with Crippen LogP contribution in [0.4, 0.5) is 0 Å². The van der Waals surface area contributed by atoms with Gasteiger partial charge in [0.2, 0.25) is 0 Å². The van der Waals surface area contributed by atoms with Crippen LogP contribution in [0.1, 0.15) is 22.0 Å². The summed E-state index contributed by atoms with van der Waals surface area (Å²) in [6.07, 6.45) is 0. The zero-order valence-electron chi connectivity index (χ0n) is 10.3. The summed E-state index contributed by atoms with van der Waals surface area (Å²) in [6, 6.07) is 15.9. The molecule has 20 heavy (non-hydrogen) atoms. The number of halogens is 2. The Labute approximate surface area is 133 Å². The Morgan fingerprint density at radius 2 is 1.85 bits per heavy atom. The molecule has 3 nitrogen and oxygen atoms in total. The second kappa shape index (κ2) is 6.69. The summed E-state index contributed by atoms with van der Waals surface area (Å²) in [5, 5.41) is 11.9. The SMILES string of the molecule is N#CC(NC(=O)c1ccc(Br)cc1Br)c1ccccc1. The Hall–Kier alpha value is -1.64. The molecule has 0 aliphatic heterocycles. The predicted octanol–water partition coefficient (Wildman–Crippen LogP) is 4.21. The van der Waals surface area contributed by atoms with Crippen molar-refractivity contribution < 1.29 is 4.79 Å². The number of benzene rings is 2. The topological polar surface area (TPSA) is 52.9 Å². The van der Waals surface area contributed by atoms with E-state index in [1.165, 1.54) is 0 Å². The molecule has 0 fully saturated rings.